The van der Waals surface area contributed by atoms with Gasteiger partial charge in [-0.05, 0) is 43.9 Å². The summed E-state index contributed by atoms with van der Waals surface area (Å²) in [6, 6.07) is 8.01. The van der Waals surface area contributed by atoms with E-state index in [9.17, 15) is 8.42 Å². The first kappa shape index (κ1) is 16.3. The molecule has 21 heavy (non-hydrogen) atoms. The van der Waals surface area contributed by atoms with Gasteiger partial charge in [0.15, 0.2) is 0 Å². The Bertz CT molecular complexity index is 537. The number of sulfonamides is 1. The van der Waals surface area contributed by atoms with Gasteiger partial charge in [-0.15, -0.1) is 0 Å². The lowest BCUT2D eigenvalue weighted by Crippen LogP contribution is -2.36. The molecule has 2 N–H and O–H groups in total. The predicted octanol–water partition coefficient (Wildman–Crippen LogP) is 2.91. The quantitative estimate of drug-likeness (QED) is 0.814. The minimum Gasteiger partial charge on any atom is -0.314 e. The van der Waals surface area contributed by atoms with E-state index in [1.807, 2.05) is 24.3 Å². The van der Waals surface area contributed by atoms with Crippen molar-refractivity contribution in [2.24, 2.45) is 0 Å². The fourth-order valence-corrected chi connectivity index (χ4v) is 4.02. The Labute approximate surface area is 128 Å². The second kappa shape index (κ2) is 7.80. The van der Waals surface area contributed by atoms with E-state index in [0.29, 0.717) is 12.5 Å². The van der Waals surface area contributed by atoms with Crippen molar-refractivity contribution in [1.29, 1.82) is 0 Å². The van der Waals surface area contributed by atoms with Crippen LogP contribution in [0.1, 0.15) is 44.6 Å². The second-order valence-corrected chi connectivity index (χ2v) is 7.61. The maximum absolute atomic E-state index is 12.3. The zero-order valence-corrected chi connectivity index (χ0v) is 13.6. The van der Waals surface area contributed by atoms with Crippen molar-refractivity contribution in [1.82, 2.24) is 5.32 Å². The lowest BCUT2D eigenvalue weighted by atomic mass is 10.0. The normalized spacial score (nSPS) is 19.4. The van der Waals surface area contributed by atoms with Crippen molar-refractivity contribution in [2.45, 2.75) is 51.5 Å². The Morgan fingerprint density at radius 3 is 2.81 bits per heavy atom. The number of piperidine rings is 1. The molecule has 2 rings (SSSR count). The summed E-state index contributed by atoms with van der Waals surface area (Å²) >= 11 is 0. The summed E-state index contributed by atoms with van der Waals surface area (Å²) in [4.78, 5) is 0. The van der Waals surface area contributed by atoms with Crippen LogP contribution in [0.4, 0.5) is 5.69 Å². The van der Waals surface area contributed by atoms with Crippen LogP contribution in [0, 0.1) is 0 Å². The average molecular weight is 310 g/mol. The largest absolute Gasteiger partial charge is 0.314 e. The van der Waals surface area contributed by atoms with Crippen LogP contribution >= 0.6 is 0 Å². The van der Waals surface area contributed by atoms with Crippen LogP contribution in [0.3, 0.4) is 0 Å². The number of benzene rings is 1. The van der Waals surface area contributed by atoms with E-state index in [1.54, 1.807) is 0 Å². The number of nitrogens with one attached hydrogen (secondary N) is 2. The lowest BCUT2D eigenvalue weighted by molar-refractivity contribution is 0.393. The number of hydrogen-bond acceptors (Lipinski definition) is 3. The maximum atomic E-state index is 12.3. The molecule has 1 atom stereocenters. The highest BCUT2D eigenvalue weighted by molar-refractivity contribution is 7.92. The van der Waals surface area contributed by atoms with E-state index in [-0.39, 0.29) is 5.75 Å². The van der Waals surface area contributed by atoms with Crippen LogP contribution in [0.15, 0.2) is 24.3 Å². The zero-order valence-electron chi connectivity index (χ0n) is 12.8. The molecule has 0 amide bonds. The van der Waals surface area contributed by atoms with Gasteiger partial charge in [-0.1, -0.05) is 38.0 Å². The van der Waals surface area contributed by atoms with Crippen molar-refractivity contribution in [3.63, 3.8) is 0 Å². The van der Waals surface area contributed by atoms with Crippen LogP contribution in [-0.2, 0) is 16.4 Å². The Hall–Kier alpha value is -1.07. The Kier molecular flexibility index (Phi) is 6.06. The van der Waals surface area contributed by atoms with E-state index in [4.69, 9.17) is 0 Å². The Balaban J connectivity index is 1.93. The molecular formula is C16H26N2O2S. The number of hydrogen-bond donors (Lipinski definition) is 2. The van der Waals surface area contributed by atoms with Crippen LogP contribution in [0.25, 0.3) is 0 Å². The van der Waals surface area contributed by atoms with Gasteiger partial charge in [-0.2, -0.15) is 0 Å². The van der Waals surface area contributed by atoms with Crippen molar-refractivity contribution in [3.05, 3.63) is 29.8 Å². The fourth-order valence-electron chi connectivity index (χ4n) is 2.79. The highest BCUT2D eigenvalue weighted by atomic mass is 32.2. The predicted molar refractivity (Wildman–Crippen MR) is 88.1 cm³/mol. The molecule has 1 heterocycles. The molecule has 5 heteroatoms. The number of rotatable bonds is 7. The highest BCUT2D eigenvalue weighted by Crippen LogP contribution is 2.19. The third kappa shape index (κ3) is 5.32. The third-order valence-electron chi connectivity index (χ3n) is 3.95. The van der Waals surface area contributed by atoms with Gasteiger partial charge in [-0.25, -0.2) is 8.42 Å². The second-order valence-electron chi connectivity index (χ2n) is 5.76. The molecule has 0 bridgehead atoms. The minimum atomic E-state index is -3.26. The first-order chi connectivity index (χ1) is 10.1. The minimum absolute atomic E-state index is 0.186. The third-order valence-corrected chi connectivity index (χ3v) is 5.25. The van der Waals surface area contributed by atoms with Crippen molar-refractivity contribution in [2.75, 3.05) is 17.0 Å². The van der Waals surface area contributed by atoms with E-state index in [1.165, 1.54) is 12.8 Å². The smallest absolute Gasteiger partial charge is 0.232 e. The molecule has 1 aliphatic rings. The van der Waals surface area contributed by atoms with Gasteiger partial charge in [0.2, 0.25) is 10.0 Å². The summed E-state index contributed by atoms with van der Waals surface area (Å²) in [5.74, 6) is 0.186. The molecule has 1 saturated heterocycles. The molecule has 118 valence electrons. The van der Waals surface area contributed by atoms with Crippen LogP contribution in [-0.4, -0.2) is 26.8 Å². The monoisotopic (exact) mass is 310 g/mol. The average Bonchev–Trinajstić information content (AvgIpc) is 2.48. The molecule has 0 aromatic heterocycles. The van der Waals surface area contributed by atoms with Crippen molar-refractivity contribution in [3.8, 4) is 0 Å². The molecule has 0 spiro atoms. The zero-order chi connectivity index (χ0) is 15.1. The van der Waals surface area contributed by atoms with Crippen molar-refractivity contribution >= 4 is 15.7 Å². The molecule has 1 fully saturated rings. The molecule has 0 saturated carbocycles. The lowest BCUT2D eigenvalue weighted by Gasteiger charge is -2.23. The van der Waals surface area contributed by atoms with E-state index < -0.39 is 10.0 Å². The van der Waals surface area contributed by atoms with Gasteiger partial charge in [0, 0.05) is 6.04 Å². The summed E-state index contributed by atoms with van der Waals surface area (Å²) in [6.07, 6.45) is 6.07. The van der Waals surface area contributed by atoms with Crippen LogP contribution in [0.5, 0.6) is 0 Å². The number of aryl methyl sites for hydroxylation is 1. The van der Waals surface area contributed by atoms with E-state index >= 15 is 0 Å². The van der Waals surface area contributed by atoms with Gasteiger partial charge >= 0.3 is 0 Å². The molecule has 0 radical (unpaired) electrons. The highest BCUT2D eigenvalue weighted by Gasteiger charge is 2.18. The molecular weight excluding hydrogens is 284 g/mol. The summed E-state index contributed by atoms with van der Waals surface area (Å²) < 4.78 is 27.3. The molecule has 1 aliphatic heterocycles. The number of para-hydroxylation sites is 1. The summed E-state index contributed by atoms with van der Waals surface area (Å²) in [5, 5.41) is 3.39. The summed E-state index contributed by atoms with van der Waals surface area (Å²) in [7, 11) is -3.26. The standard InChI is InChI=1S/C16H26N2O2S/c1-2-7-14-8-3-4-10-16(14)18-21(19,20)13-11-15-9-5-6-12-17-15/h3-4,8,10,15,17-18H,2,5-7,9,11-13H2,1H3. The van der Waals surface area contributed by atoms with Gasteiger partial charge < -0.3 is 5.32 Å². The summed E-state index contributed by atoms with van der Waals surface area (Å²) in [6.45, 7) is 3.11. The van der Waals surface area contributed by atoms with Gasteiger partial charge in [-0.3, -0.25) is 4.72 Å². The maximum Gasteiger partial charge on any atom is 0.232 e. The SMILES string of the molecule is CCCc1ccccc1NS(=O)(=O)CCC1CCCCN1. The first-order valence-electron chi connectivity index (χ1n) is 7.92. The van der Waals surface area contributed by atoms with Crippen LogP contribution in [0.2, 0.25) is 0 Å². The first-order valence-corrected chi connectivity index (χ1v) is 9.58. The van der Waals surface area contributed by atoms with Crippen LogP contribution < -0.4 is 10.0 Å². The topological polar surface area (TPSA) is 58.2 Å². The van der Waals surface area contributed by atoms with Gasteiger partial charge in [0.05, 0.1) is 11.4 Å². The summed E-state index contributed by atoms with van der Waals surface area (Å²) in [5.41, 5.74) is 1.80. The Morgan fingerprint density at radius 1 is 1.29 bits per heavy atom. The number of anilines is 1. The molecule has 1 aromatic carbocycles. The molecule has 1 unspecified atom stereocenters. The molecule has 0 aliphatic carbocycles. The fraction of sp³-hybridized carbons (Fsp3) is 0.625. The van der Waals surface area contributed by atoms with E-state index in [2.05, 4.69) is 17.0 Å². The Morgan fingerprint density at radius 2 is 2.10 bits per heavy atom. The van der Waals surface area contributed by atoms with E-state index in [0.717, 1.165) is 37.1 Å². The molecule has 1 aromatic rings. The van der Waals surface area contributed by atoms with Gasteiger partial charge in [0.25, 0.3) is 0 Å². The van der Waals surface area contributed by atoms with Crippen molar-refractivity contribution < 1.29 is 8.42 Å². The van der Waals surface area contributed by atoms with Gasteiger partial charge in [0.1, 0.15) is 0 Å². The molecule has 4 nitrogen and oxygen atoms in total.